The van der Waals surface area contributed by atoms with Crippen LogP contribution in [0.5, 0.6) is 0 Å². The fourth-order valence-corrected chi connectivity index (χ4v) is 4.15. The molecule has 0 saturated heterocycles. The summed E-state index contributed by atoms with van der Waals surface area (Å²) in [6.45, 7) is 4.85. The molecule has 0 aromatic heterocycles. The summed E-state index contributed by atoms with van der Waals surface area (Å²) in [4.78, 5) is 24.9. The SMILES string of the molecule is CCCC(NC(=O)C(C)OC(=O)CN(C)S(=O)(=O)c1ccc(C)cc1)c1ccccc1. The Morgan fingerprint density at radius 1 is 1.06 bits per heavy atom. The average molecular weight is 447 g/mol. The molecule has 0 aliphatic heterocycles. The highest BCUT2D eigenvalue weighted by Crippen LogP contribution is 2.19. The van der Waals surface area contributed by atoms with E-state index in [0.717, 1.165) is 28.3 Å². The van der Waals surface area contributed by atoms with Crippen molar-refractivity contribution in [2.24, 2.45) is 0 Å². The van der Waals surface area contributed by atoms with Crippen molar-refractivity contribution in [2.75, 3.05) is 13.6 Å². The molecular weight excluding hydrogens is 416 g/mol. The van der Waals surface area contributed by atoms with Crippen molar-refractivity contribution in [1.29, 1.82) is 0 Å². The maximum Gasteiger partial charge on any atom is 0.322 e. The van der Waals surface area contributed by atoms with E-state index >= 15 is 0 Å². The van der Waals surface area contributed by atoms with E-state index in [-0.39, 0.29) is 10.9 Å². The number of aryl methyl sites for hydroxylation is 1. The normalized spacial score (nSPS) is 13.5. The summed E-state index contributed by atoms with van der Waals surface area (Å²) in [7, 11) is -2.54. The van der Waals surface area contributed by atoms with Crippen molar-refractivity contribution in [2.45, 2.75) is 50.7 Å². The van der Waals surface area contributed by atoms with Gasteiger partial charge in [-0.3, -0.25) is 9.59 Å². The number of ether oxygens (including phenoxy) is 1. The Morgan fingerprint density at radius 3 is 2.26 bits per heavy atom. The van der Waals surface area contributed by atoms with Gasteiger partial charge in [0.2, 0.25) is 10.0 Å². The van der Waals surface area contributed by atoms with E-state index in [1.807, 2.05) is 44.2 Å². The van der Waals surface area contributed by atoms with Gasteiger partial charge in [0, 0.05) is 7.05 Å². The van der Waals surface area contributed by atoms with E-state index in [4.69, 9.17) is 4.74 Å². The molecule has 2 rings (SSSR count). The van der Waals surface area contributed by atoms with Crippen LogP contribution in [-0.4, -0.2) is 44.3 Å². The lowest BCUT2D eigenvalue weighted by atomic mass is 10.0. The molecule has 2 aromatic carbocycles. The number of nitrogens with one attached hydrogen (secondary N) is 1. The Morgan fingerprint density at radius 2 is 1.68 bits per heavy atom. The fourth-order valence-electron chi connectivity index (χ4n) is 3.03. The van der Waals surface area contributed by atoms with E-state index < -0.39 is 34.5 Å². The first-order chi connectivity index (χ1) is 14.6. The third kappa shape index (κ3) is 6.90. The molecule has 7 nitrogen and oxygen atoms in total. The van der Waals surface area contributed by atoms with Crippen molar-refractivity contribution in [3.63, 3.8) is 0 Å². The summed E-state index contributed by atoms with van der Waals surface area (Å²) >= 11 is 0. The highest BCUT2D eigenvalue weighted by Gasteiger charge is 2.26. The van der Waals surface area contributed by atoms with Crippen molar-refractivity contribution in [3.8, 4) is 0 Å². The Bertz CT molecular complexity index is 975. The molecular formula is C23H30N2O5S. The zero-order valence-corrected chi connectivity index (χ0v) is 19.2. The van der Waals surface area contributed by atoms with Gasteiger partial charge in [0.05, 0.1) is 10.9 Å². The molecule has 2 aromatic rings. The Hall–Kier alpha value is -2.71. The number of carbonyl (C=O) groups excluding carboxylic acids is 2. The number of nitrogens with zero attached hydrogens (tertiary/aromatic N) is 1. The van der Waals surface area contributed by atoms with Crippen LogP contribution in [0.25, 0.3) is 0 Å². The lowest BCUT2D eigenvalue weighted by Crippen LogP contribution is -2.40. The standard InChI is InChI=1S/C23H30N2O5S/c1-5-9-21(19-10-7-6-8-11-19)24-23(27)18(3)30-22(26)16-25(4)31(28,29)20-14-12-17(2)13-15-20/h6-8,10-15,18,21H,5,9,16H2,1-4H3,(H,24,27). The molecule has 0 aliphatic carbocycles. The number of likely N-dealkylation sites (N-methyl/N-ethyl adjacent to an activating group) is 1. The van der Waals surface area contributed by atoms with Gasteiger partial charge in [0.25, 0.3) is 5.91 Å². The highest BCUT2D eigenvalue weighted by atomic mass is 32.2. The molecule has 0 spiro atoms. The average Bonchev–Trinajstić information content (AvgIpc) is 2.74. The fraction of sp³-hybridized carbons (Fsp3) is 0.391. The quantitative estimate of drug-likeness (QED) is 0.566. The number of carbonyl (C=O) groups is 2. The number of hydrogen-bond acceptors (Lipinski definition) is 5. The molecule has 2 atom stereocenters. The Balaban J connectivity index is 1.96. The largest absolute Gasteiger partial charge is 0.452 e. The summed E-state index contributed by atoms with van der Waals surface area (Å²) in [6, 6.07) is 15.7. The summed E-state index contributed by atoms with van der Waals surface area (Å²) in [5.74, 6) is -1.23. The summed E-state index contributed by atoms with van der Waals surface area (Å²) < 4.78 is 31.3. The van der Waals surface area contributed by atoms with Crippen LogP contribution in [0.3, 0.4) is 0 Å². The molecule has 0 heterocycles. The molecule has 2 unspecified atom stereocenters. The molecule has 31 heavy (non-hydrogen) atoms. The van der Waals surface area contributed by atoms with E-state index in [9.17, 15) is 18.0 Å². The van der Waals surface area contributed by atoms with Crippen LogP contribution in [0.1, 0.15) is 43.9 Å². The van der Waals surface area contributed by atoms with Crippen molar-refractivity contribution < 1.29 is 22.7 Å². The first-order valence-electron chi connectivity index (χ1n) is 10.2. The van der Waals surface area contributed by atoms with Crippen LogP contribution in [0.4, 0.5) is 0 Å². The minimum Gasteiger partial charge on any atom is -0.452 e. The molecule has 168 valence electrons. The molecule has 0 bridgehead atoms. The Kier molecular flexibility index (Phi) is 8.76. The monoisotopic (exact) mass is 446 g/mol. The van der Waals surface area contributed by atoms with Gasteiger partial charge < -0.3 is 10.1 Å². The van der Waals surface area contributed by atoms with Gasteiger partial charge in [-0.05, 0) is 38.0 Å². The second-order valence-corrected chi connectivity index (χ2v) is 9.51. The van der Waals surface area contributed by atoms with Crippen LogP contribution < -0.4 is 5.32 Å². The molecule has 0 aliphatic rings. The molecule has 1 amide bonds. The summed E-state index contributed by atoms with van der Waals surface area (Å²) in [5, 5.41) is 2.91. The van der Waals surface area contributed by atoms with Gasteiger partial charge >= 0.3 is 5.97 Å². The molecule has 8 heteroatoms. The van der Waals surface area contributed by atoms with Crippen LogP contribution in [0, 0.1) is 6.92 Å². The molecule has 0 saturated carbocycles. The molecule has 0 radical (unpaired) electrons. The Labute approximate surface area is 184 Å². The van der Waals surface area contributed by atoms with Crippen molar-refractivity contribution in [3.05, 3.63) is 65.7 Å². The minimum absolute atomic E-state index is 0.0875. The minimum atomic E-state index is -3.84. The van der Waals surface area contributed by atoms with Gasteiger partial charge in [-0.1, -0.05) is 61.4 Å². The van der Waals surface area contributed by atoms with E-state index in [1.54, 1.807) is 12.1 Å². The molecule has 0 fully saturated rings. The summed E-state index contributed by atoms with van der Waals surface area (Å²) in [5.41, 5.74) is 1.90. The van der Waals surface area contributed by atoms with Gasteiger partial charge in [-0.25, -0.2) is 8.42 Å². The maximum atomic E-state index is 12.6. The van der Waals surface area contributed by atoms with Gasteiger partial charge in [-0.15, -0.1) is 0 Å². The number of amides is 1. The third-order valence-electron chi connectivity index (χ3n) is 4.85. The van der Waals surface area contributed by atoms with Crippen molar-refractivity contribution in [1.82, 2.24) is 9.62 Å². The predicted octanol–water partition coefficient (Wildman–Crippen LogP) is 3.20. The van der Waals surface area contributed by atoms with E-state index in [1.165, 1.54) is 26.1 Å². The topological polar surface area (TPSA) is 92.8 Å². The molecule has 1 N–H and O–H groups in total. The van der Waals surface area contributed by atoms with Crippen molar-refractivity contribution >= 4 is 21.9 Å². The lowest BCUT2D eigenvalue weighted by molar-refractivity contribution is -0.155. The number of rotatable bonds is 10. The van der Waals surface area contributed by atoms with Gasteiger partial charge in [0.15, 0.2) is 6.10 Å². The van der Waals surface area contributed by atoms with Crippen LogP contribution in [0.15, 0.2) is 59.5 Å². The number of sulfonamides is 1. The first-order valence-corrected chi connectivity index (χ1v) is 11.7. The van der Waals surface area contributed by atoms with Gasteiger partial charge in [0.1, 0.15) is 6.54 Å². The lowest BCUT2D eigenvalue weighted by Gasteiger charge is -2.22. The second-order valence-electron chi connectivity index (χ2n) is 7.47. The number of esters is 1. The van der Waals surface area contributed by atoms with E-state index in [0.29, 0.717) is 0 Å². The number of benzene rings is 2. The van der Waals surface area contributed by atoms with Gasteiger partial charge in [-0.2, -0.15) is 4.31 Å². The number of hydrogen-bond donors (Lipinski definition) is 1. The predicted molar refractivity (Wildman–Crippen MR) is 119 cm³/mol. The third-order valence-corrected chi connectivity index (χ3v) is 6.67. The van der Waals surface area contributed by atoms with Crippen LogP contribution in [-0.2, 0) is 24.3 Å². The summed E-state index contributed by atoms with van der Waals surface area (Å²) in [6.07, 6.45) is 0.565. The zero-order valence-electron chi connectivity index (χ0n) is 18.4. The zero-order chi connectivity index (χ0) is 23.0. The first kappa shape index (κ1) is 24.6. The van der Waals surface area contributed by atoms with Crippen LogP contribution >= 0.6 is 0 Å². The smallest absolute Gasteiger partial charge is 0.322 e. The highest BCUT2D eigenvalue weighted by molar-refractivity contribution is 7.89. The second kappa shape index (κ2) is 11.1. The van der Waals surface area contributed by atoms with E-state index in [2.05, 4.69) is 5.32 Å². The maximum absolute atomic E-state index is 12.6. The van der Waals surface area contributed by atoms with Crippen LogP contribution in [0.2, 0.25) is 0 Å².